The predicted molar refractivity (Wildman–Crippen MR) is 126 cm³/mol. The Labute approximate surface area is 207 Å². The lowest BCUT2D eigenvalue weighted by atomic mass is 9.93. The van der Waals surface area contributed by atoms with Crippen LogP contribution in [0.1, 0.15) is 61.7 Å². The zero-order valence-corrected chi connectivity index (χ0v) is 20.1. The molecule has 0 aliphatic carbocycles. The van der Waals surface area contributed by atoms with Gasteiger partial charge in [-0.25, -0.2) is 4.98 Å². The molecule has 0 bridgehead atoms. The zero-order chi connectivity index (χ0) is 25.7. The van der Waals surface area contributed by atoms with Crippen LogP contribution >= 0.6 is 0 Å². The van der Waals surface area contributed by atoms with Gasteiger partial charge in [-0.15, -0.1) is 0 Å². The van der Waals surface area contributed by atoms with Crippen molar-refractivity contribution < 1.29 is 31.9 Å². The van der Waals surface area contributed by atoms with Crippen molar-refractivity contribution in [1.82, 2.24) is 9.97 Å². The zero-order valence-electron chi connectivity index (χ0n) is 20.1. The van der Waals surface area contributed by atoms with E-state index in [4.69, 9.17) is 9.15 Å². The van der Waals surface area contributed by atoms with Gasteiger partial charge in [0.15, 0.2) is 5.69 Å². The minimum absolute atomic E-state index is 0.183. The number of amides is 1. The summed E-state index contributed by atoms with van der Waals surface area (Å²) in [4.78, 5) is 36.0. The first kappa shape index (κ1) is 25.8. The molecule has 0 radical (unpaired) electrons. The van der Waals surface area contributed by atoms with Gasteiger partial charge < -0.3 is 24.3 Å². The van der Waals surface area contributed by atoms with E-state index in [0.29, 0.717) is 31.9 Å². The minimum Gasteiger partial charge on any atom is -0.466 e. The molecule has 196 valence electrons. The molecular weight excluding hydrogens is 479 g/mol. The number of nitrogens with zero attached hydrogens (tertiary/aromatic N) is 4. The molecule has 0 saturated carbocycles. The number of nitrogens with one attached hydrogen (secondary N) is 1. The maximum absolute atomic E-state index is 13.6. The Balaban J connectivity index is 1.38. The number of anilines is 3. The number of carbonyl (C=O) groups excluding carboxylic acids is 2. The molecule has 0 unspecified atom stereocenters. The maximum atomic E-state index is 13.6. The lowest BCUT2D eigenvalue weighted by Gasteiger charge is -2.32. The van der Waals surface area contributed by atoms with Gasteiger partial charge in [-0.05, 0) is 57.1 Å². The Hall–Kier alpha value is -3.31. The molecule has 2 fully saturated rings. The molecule has 2 aromatic heterocycles. The van der Waals surface area contributed by atoms with Gasteiger partial charge in [0.25, 0.3) is 11.9 Å². The molecule has 4 rings (SSSR count). The van der Waals surface area contributed by atoms with E-state index in [1.54, 1.807) is 24.0 Å². The first-order valence-electron chi connectivity index (χ1n) is 12.3. The van der Waals surface area contributed by atoms with Crippen LogP contribution in [0, 0.1) is 5.92 Å². The molecule has 2 saturated heterocycles. The summed E-state index contributed by atoms with van der Waals surface area (Å²) in [6.07, 6.45) is 1.26. The van der Waals surface area contributed by atoms with Gasteiger partial charge in [0.05, 0.1) is 18.5 Å². The van der Waals surface area contributed by atoms with Crippen molar-refractivity contribution in [1.29, 1.82) is 0 Å². The van der Waals surface area contributed by atoms with Gasteiger partial charge in [0.2, 0.25) is 5.76 Å². The van der Waals surface area contributed by atoms with Crippen LogP contribution in [0.15, 0.2) is 22.7 Å². The highest BCUT2D eigenvalue weighted by Crippen LogP contribution is 2.35. The van der Waals surface area contributed by atoms with Crippen LogP contribution in [0.25, 0.3) is 0 Å². The van der Waals surface area contributed by atoms with E-state index in [1.165, 1.54) is 6.20 Å². The Morgan fingerprint density at radius 1 is 1.11 bits per heavy atom. The van der Waals surface area contributed by atoms with Crippen LogP contribution in [0.5, 0.6) is 0 Å². The molecule has 0 spiro atoms. The highest BCUT2D eigenvalue weighted by molar-refractivity contribution is 6.03. The van der Waals surface area contributed by atoms with E-state index >= 15 is 0 Å². The fourth-order valence-corrected chi connectivity index (χ4v) is 4.53. The second-order valence-electron chi connectivity index (χ2n) is 9.02. The standard InChI is InChI=1S/C24H30F3N5O4/c1-2-35-19(33)14-16-8-12-31(13-9-16)18-7-6-17(15-28-18)29-22(34)20-21(24(25,26)27)30-23(36-20)32-10-4-3-5-11-32/h6-7,15-16H,2-5,8-14H2,1H3,(H,29,34). The normalized spacial score (nSPS) is 17.2. The van der Waals surface area contributed by atoms with Crippen LogP contribution in [-0.4, -0.2) is 54.6 Å². The minimum atomic E-state index is -4.83. The number of pyridine rings is 1. The first-order chi connectivity index (χ1) is 17.2. The van der Waals surface area contributed by atoms with Crippen LogP contribution < -0.4 is 15.1 Å². The molecular formula is C24H30F3N5O4. The Morgan fingerprint density at radius 3 is 2.44 bits per heavy atom. The molecule has 1 N–H and O–H groups in total. The maximum Gasteiger partial charge on any atom is 0.437 e. The van der Waals surface area contributed by atoms with Crippen molar-refractivity contribution >= 4 is 29.4 Å². The summed E-state index contributed by atoms with van der Waals surface area (Å²) in [6.45, 7) is 4.66. The number of esters is 1. The molecule has 12 heteroatoms. The average molecular weight is 510 g/mol. The first-order valence-corrected chi connectivity index (χ1v) is 12.3. The third-order valence-corrected chi connectivity index (χ3v) is 6.42. The third-order valence-electron chi connectivity index (χ3n) is 6.42. The second-order valence-corrected chi connectivity index (χ2v) is 9.02. The lowest BCUT2D eigenvalue weighted by molar-refractivity contribution is -0.144. The number of hydrogen-bond acceptors (Lipinski definition) is 8. The van der Waals surface area contributed by atoms with Gasteiger partial charge in [-0.3, -0.25) is 9.59 Å². The van der Waals surface area contributed by atoms with E-state index in [1.807, 2.05) is 0 Å². The van der Waals surface area contributed by atoms with E-state index in [2.05, 4.69) is 20.2 Å². The van der Waals surface area contributed by atoms with E-state index < -0.39 is 23.5 Å². The highest BCUT2D eigenvalue weighted by Gasteiger charge is 2.42. The summed E-state index contributed by atoms with van der Waals surface area (Å²) in [6, 6.07) is 3.10. The summed E-state index contributed by atoms with van der Waals surface area (Å²) >= 11 is 0. The molecule has 36 heavy (non-hydrogen) atoms. The molecule has 4 heterocycles. The smallest absolute Gasteiger partial charge is 0.437 e. The van der Waals surface area contributed by atoms with E-state index in [0.717, 1.165) is 45.2 Å². The average Bonchev–Trinajstić information content (AvgIpc) is 3.33. The predicted octanol–water partition coefficient (Wildman–Crippen LogP) is 4.50. The fraction of sp³-hybridized carbons (Fsp3) is 0.583. The van der Waals surface area contributed by atoms with Gasteiger partial charge in [-0.2, -0.15) is 18.2 Å². The summed E-state index contributed by atoms with van der Waals surface area (Å²) in [7, 11) is 0. The lowest BCUT2D eigenvalue weighted by Crippen LogP contribution is -2.35. The molecule has 1 amide bonds. The number of ether oxygens (including phenoxy) is 1. The summed E-state index contributed by atoms with van der Waals surface area (Å²) in [5.74, 6) is -1.13. The number of alkyl halides is 3. The number of halogens is 3. The van der Waals surface area contributed by atoms with Crippen LogP contribution in [-0.2, 0) is 15.7 Å². The quantitative estimate of drug-likeness (QED) is 0.545. The molecule has 0 aromatic carbocycles. The van der Waals surface area contributed by atoms with Crippen molar-refractivity contribution in [2.24, 2.45) is 5.92 Å². The van der Waals surface area contributed by atoms with Crippen LogP contribution in [0.4, 0.5) is 30.7 Å². The van der Waals surface area contributed by atoms with Crippen molar-refractivity contribution in [3.8, 4) is 0 Å². The molecule has 2 aliphatic rings. The number of oxazole rings is 1. The molecule has 0 atom stereocenters. The summed E-state index contributed by atoms with van der Waals surface area (Å²) in [5, 5.41) is 2.43. The molecule has 2 aromatic rings. The topological polar surface area (TPSA) is 101 Å². The summed E-state index contributed by atoms with van der Waals surface area (Å²) in [5.41, 5.74) is -1.10. The van der Waals surface area contributed by atoms with Crippen molar-refractivity contribution in [2.75, 3.05) is 47.9 Å². The number of carbonyl (C=O) groups is 2. The third kappa shape index (κ3) is 6.27. The Kier molecular flexibility index (Phi) is 8.00. The molecule has 2 aliphatic heterocycles. The van der Waals surface area contributed by atoms with Gasteiger partial charge in [0.1, 0.15) is 5.82 Å². The van der Waals surface area contributed by atoms with Gasteiger partial charge in [0, 0.05) is 32.6 Å². The van der Waals surface area contributed by atoms with E-state index in [-0.39, 0.29) is 23.6 Å². The Bertz CT molecular complexity index is 1040. The summed E-state index contributed by atoms with van der Waals surface area (Å²) < 4.78 is 51.0. The number of rotatable bonds is 7. The highest BCUT2D eigenvalue weighted by atomic mass is 19.4. The van der Waals surface area contributed by atoms with E-state index in [9.17, 15) is 22.8 Å². The number of aromatic nitrogens is 2. The Morgan fingerprint density at radius 2 is 1.83 bits per heavy atom. The second kappa shape index (κ2) is 11.2. The van der Waals surface area contributed by atoms with Crippen molar-refractivity contribution in [3.05, 3.63) is 29.8 Å². The van der Waals surface area contributed by atoms with Gasteiger partial charge in [-0.1, -0.05) is 0 Å². The SMILES string of the molecule is CCOC(=O)CC1CCN(c2ccc(NC(=O)c3oc(N4CCCCC4)nc3C(F)(F)F)cn2)CC1. The van der Waals surface area contributed by atoms with Crippen LogP contribution in [0.3, 0.4) is 0 Å². The van der Waals surface area contributed by atoms with Crippen LogP contribution in [0.2, 0.25) is 0 Å². The van der Waals surface area contributed by atoms with Crippen molar-refractivity contribution in [3.63, 3.8) is 0 Å². The van der Waals surface area contributed by atoms with Gasteiger partial charge >= 0.3 is 12.1 Å². The molecule has 9 nitrogen and oxygen atoms in total. The number of piperidine rings is 2. The van der Waals surface area contributed by atoms with Crippen molar-refractivity contribution in [2.45, 2.75) is 51.6 Å². The monoisotopic (exact) mass is 509 g/mol. The largest absolute Gasteiger partial charge is 0.466 e. The fourth-order valence-electron chi connectivity index (χ4n) is 4.53. The number of hydrogen-bond donors (Lipinski definition) is 1.